The van der Waals surface area contributed by atoms with Gasteiger partial charge in [-0.15, -0.1) is 0 Å². The van der Waals surface area contributed by atoms with Crippen molar-refractivity contribution in [2.45, 2.75) is 12.4 Å². The third-order valence-corrected chi connectivity index (χ3v) is 3.25. The van der Waals surface area contributed by atoms with Crippen molar-refractivity contribution in [3.63, 3.8) is 0 Å². The van der Waals surface area contributed by atoms with Crippen LogP contribution in [0.25, 0.3) is 0 Å². The smallest absolute Gasteiger partial charge is 0.370 e. The van der Waals surface area contributed by atoms with E-state index in [-0.39, 0.29) is 13.2 Å². The average molecular weight is 388 g/mol. The van der Waals surface area contributed by atoms with Crippen LogP contribution in [0.2, 0.25) is 0 Å². The summed E-state index contributed by atoms with van der Waals surface area (Å²) in [6.07, 6.45) is -6.02. The van der Waals surface area contributed by atoms with E-state index in [2.05, 4.69) is 9.98 Å². The molecule has 2 rings (SSSR count). The molecule has 144 valence electrons. The second kappa shape index (κ2) is 8.81. The molecule has 0 aliphatic rings. The van der Waals surface area contributed by atoms with Crippen molar-refractivity contribution in [2.75, 3.05) is 13.2 Å². The van der Waals surface area contributed by atoms with Crippen molar-refractivity contribution in [1.82, 2.24) is 0 Å². The van der Waals surface area contributed by atoms with E-state index in [1.807, 2.05) is 0 Å². The molecule has 0 fully saturated rings. The van der Waals surface area contributed by atoms with Crippen LogP contribution in [-0.4, -0.2) is 25.6 Å². The molecule has 0 unspecified atom stereocenters. The number of hydrogen-bond acceptors (Lipinski definition) is 3. The number of aliphatic imine (C=N–C) groups is 2. The molecule has 0 bridgehead atoms. The molecule has 0 aromatic heterocycles. The summed E-state index contributed by atoms with van der Waals surface area (Å²) in [5, 5.41) is 0. The van der Waals surface area contributed by atoms with Crippen LogP contribution in [0.3, 0.4) is 0 Å². The maximum absolute atomic E-state index is 12.4. The monoisotopic (exact) mass is 388 g/mol. The lowest BCUT2D eigenvalue weighted by Gasteiger charge is -2.05. The Morgan fingerprint density at radius 1 is 0.630 bits per heavy atom. The van der Waals surface area contributed by atoms with Crippen LogP contribution in [0.1, 0.15) is 11.1 Å². The van der Waals surface area contributed by atoms with Gasteiger partial charge in [-0.2, -0.15) is 26.3 Å². The SMILES string of the molecule is FC(F)(F)c1ccc(N=CCOCC=Nc2ccc(C(F)(F)F)cc2)cc1. The minimum Gasteiger partial charge on any atom is -0.370 e. The minimum absolute atomic E-state index is 0.0973. The highest BCUT2D eigenvalue weighted by Crippen LogP contribution is 2.31. The molecule has 0 spiro atoms. The van der Waals surface area contributed by atoms with Crippen molar-refractivity contribution >= 4 is 23.8 Å². The lowest BCUT2D eigenvalue weighted by Crippen LogP contribution is -2.03. The number of halogens is 6. The fraction of sp³-hybridized carbons (Fsp3) is 0.222. The number of rotatable bonds is 6. The summed E-state index contributed by atoms with van der Waals surface area (Å²) >= 11 is 0. The Hall–Kier alpha value is -2.68. The van der Waals surface area contributed by atoms with E-state index in [0.717, 1.165) is 24.3 Å². The molecule has 0 N–H and O–H groups in total. The molecule has 3 nitrogen and oxygen atoms in total. The first-order valence-corrected chi connectivity index (χ1v) is 7.63. The molecule has 0 aliphatic carbocycles. The van der Waals surface area contributed by atoms with Gasteiger partial charge in [-0.25, -0.2) is 0 Å². The first-order valence-electron chi connectivity index (χ1n) is 7.63. The lowest BCUT2D eigenvalue weighted by molar-refractivity contribution is -0.138. The Balaban J connectivity index is 1.73. The predicted octanol–water partition coefficient (Wildman–Crippen LogP) is 5.85. The van der Waals surface area contributed by atoms with E-state index in [4.69, 9.17) is 4.74 Å². The lowest BCUT2D eigenvalue weighted by atomic mass is 10.2. The molecule has 0 saturated carbocycles. The van der Waals surface area contributed by atoms with Crippen LogP contribution in [0.15, 0.2) is 58.5 Å². The van der Waals surface area contributed by atoms with E-state index in [0.29, 0.717) is 11.4 Å². The molecule has 0 radical (unpaired) electrons. The van der Waals surface area contributed by atoms with E-state index in [9.17, 15) is 26.3 Å². The molecule has 9 heteroatoms. The van der Waals surface area contributed by atoms with Gasteiger partial charge in [0.25, 0.3) is 0 Å². The molecule has 2 aromatic rings. The summed E-state index contributed by atoms with van der Waals surface area (Å²) in [4.78, 5) is 7.90. The van der Waals surface area contributed by atoms with Gasteiger partial charge in [-0.1, -0.05) is 0 Å². The Morgan fingerprint density at radius 2 is 0.963 bits per heavy atom. The molecule has 0 amide bonds. The van der Waals surface area contributed by atoms with Crippen LogP contribution >= 0.6 is 0 Å². The van der Waals surface area contributed by atoms with Crippen LogP contribution in [0.4, 0.5) is 37.7 Å². The standard InChI is InChI=1S/C18H14F6N2O/c19-17(20,21)13-1-5-15(6-2-13)25-9-11-27-12-10-26-16-7-3-14(4-8-16)18(22,23)24/h1-10H,11-12H2. The van der Waals surface area contributed by atoms with Crippen molar-refractivity contribution in [2.24, 2.45) is 9.98 Å². The first kappa shape index (κ1) is 20.6. The number of nitrogens with zero attached hydrogens (tertiary/aromatic N) is 2. The predicted molar refractivity (Wildman–Crippen MR) is 90.0 cm³/mol. The van der Waals surface area contributed by atoms with Gasteiger partial charge < -0.3 is 4.74 Å². The van der Waals surface area contributed by atoms with Gasteiger partial charge in [0.2, 0.25) is 0 Å². The summed E-state index contributed by atoms with van der Waals surface area (Å²) in [7, 11) is 0. The second-order valence-corrected chi connectivity index (χ2v) is 5.25. The highest BCUT2D eigenvalue weighted by molar-refractivity contribution is 5.66. The quantitative estimate of drug-likeness (QED) is 0.347. The van der Waals surface area contributed by atoms with E-state index in [1.54, 1.807) is 0 Å². The van der Waals surface area contributed by atoms with E-state index >= 15 is 0 Å². The zero-order valence-electron chi connectivity index (χ0n) is 13.8. The highest BCUT2D eigenvalue weighted by Gasteiger charge is 2.30. The number of alkyl halides is 6. The highest BCUT2D eigenvalue weighted by atomic mass is 19.4. The molecule has 2 aromatic carbocycles. The Labute approximate surface area is 151 Å². The summed E-state index contributed by atoms with van der Waals surface area (Å²) < 4.78 is 79.7. The van der Waals surface area contributed by atoms with Crippen LogP contribution < -0.4 is 0 Å². The van der Waals surface area contributed by atoms with Crippen molar-refractivity contribution < 1.29 is 31.1 Å². The van der Waals surface area contributed by atoms with Gasteiger partial charge in [0.15, 0.2) is 0 Å². The van der Waals surface area contributed by atoms with Crippen LogP contribution in [0.5, 0.6) is 0 Å². The summed E-state index contributed by atoms with van der Waals surface area (Å²) in [6, 6.07) is 8.70. The fourth-order valence-electron chi connectivity index (χ4n) is 1.93. The maximum atomic E-state index is 12.4. The molecular formula is C18H14F6N2O. The summed E-state index contributed by atoms with van der Waals surface area (Å²) in [5.74, 6) is 0. The zero-order chi connectivity index (χ0) is 19.9. The zero-order valence-corrected chi connectivity index (χ0v) is 13.8. The Morgan fingerprint density at radius 3 is 1.26 bits per heavy atom. The second-order valence-electron chi connectivity index (χ2n) is 5.25. The normalized spacial score (nSPS) is 13.0. The Kier molecular flexibility index (Phi) is 6.73. The third-order valence-electron chi connectivity index (χ3n) is 3.25. The van der Waals surface area contributed by atoms with Gasteiger partial charge in [-0.3, -0.25) is 9.98 Å². The number of benzene rings is 2. The first-order chi connectivity index (χ1) is 12.7. The molecule has 27 heavy (non-hydrogen) atoms. The van der Waals surface area contributed by atoms with Crippen molar-refractivity contribution in [1.29, 1.82) is 0 Å². The minimum atomic E-state index is -4.39. The maximum Gasteiger partial charge on any atom is 0.416 e. The fourth-order valence-corrected chi connectivity index (χ4v) is 1.93. The molecule has 0 heterocycles. The molecule has 0 aliphatic heterocycles. The molecule has 0 saturated heterocycles. The van der Waals surface area contributed by atoms with Gasteiger partial charge in [0.1, 0.15) is 0 Å². The van der Waals surface area contributed by atoms with Gasteiger partial charge in [-0.05, 0) is 48.5 Å². The van der Waals surface area contributed by atoms with Gasteiger partial charge in [0, 0.05) is 12.4 Å². The van der Waals surface area contributed by atoms with Gasteiger partial charge in [0.05, 0.1) is 35.7 Å². The number of ether oxygens (including phenoxy) is 1. The molecule has 0 atom stereocenters. The largest absolute Gasteiger partial charge is 0.416 e. The van der Waals surface area contributed by atoms with Crippen LogP contribution in [0, 0.1) is 0 Å². The summed E-state index contributed by atoms with van der Waals surface area (Å²) in [5.41, 5.74) is -0.801. The van der Waals surface area contributed by atoms with Crippen molar-refractivity contribution in [3.8, 4) is 0 Å². The van der Waals surface area contributed by atoms with Gasteiger partial charge >= 0.3 is 12.4 Å². The van der Waals surface area contributed by atoms with E-state index in [1.165, 1.54) is 36.7 Å². The Bertz CT molecular complexity index is 710. The topological polar surface area (TPSA) is 34.0 Å². The molecular weight excluding hydrogens is 374 g/mol. The number of hydrogen-bond donors (Lipinski definition) is 0. The van der Waals surface area contributed by atoms with Crippen molar-refractivity contribution in [3.05, 3.63) is 59.7 Å². The third kappa shape index (κ3) is 6.86. The summed E-state index contributed by atoms with van der Waals surface area (Å²) in [6.45, 7) is 0.195. The van der Waals surface area contributed by atoms with Crippen LogP contribution in [-0.2, 0) is 17.1 Å². The average Bonchev–Trinajstić information content (AvgIpc) is 2.60. The van der Waals surface area contributed by atoms with E-state index < -0.39 is 23.5 Å².